The maximum Gasteiger partial charge on any atom is 0.167 e. The third-order valence-corrected chi connectivity index (χ3v) is 1.97. The maximum absolute atomic E-state index is 13.1. The molecule has 1 rings (SSSR count). The first-order chi connectivity index (χ1) is 6.37. The molecule has 1 unspecified atom stereocenters. The van der Waals surface area contributed by atoms with Crippen LogP contribution in [0.2, 0.25) is 0 Å². The van der Waals surface area contributed by atoms with Gasteiger partial charge in [0.1, 0.15) is 0 Å². The molecule has 0 aromatic heterocycles. The van der Waals surface area contributed by atoms with Gasteiger partial charge in [0.15, 0.2) is 23.3 Å². The average molecular weight is 207 g/mol. The molecule has 1 nitrogen and oxygen atoms in total. The summed E-state index contributed by atoms with van der Waals surface area (Å²) in [5.41, 5.74) is 3.75. The summed E-state index contributed by atoms with van der Waals surface area (Å²) < 4.78 is 52.1. The van der Waals surface area contributed by atoms with Crippen molar-refractivity contribution in [3.8, 4) is 0 Å². The second kappa shape index (κ2) is 3.57. The zero-order chi connectivity index (χ0) is 11.0. The highest BCUT2D eigenvalue weighted by Gasteiger charge is 2.24. The predicted molar refractivity (Wildman–Crippen MR) is 43.6 cm³/mol. The first kappa shape index (κ1) is 11.0. The van der Waals surface area contributed by atoms with E-state index in [0.29, 0.717) is 0 Å². The van der Waals surface area contributed by atoms with E-state index in [1.54, 1.807) is 0 Å². The monoisotopic (exact) mass is 207 g/mol. The van der Waals surface area contributed by atoms with Gasteiger partial charge in [0.25, 0.3) is 0 Å². The van der Waals surface area contributed by atoms with Gasteiger partial charge >= 0.3 is 0 Å². The standard InChI is InChI=1S/C9H9F4N/c1-3-6(10)8(12)5(4(2)14)9(13)7(3)11/h4H,14H2,1-2H3. The molecule has 0 saturated heterocycles. The Labute approximate surface area is 78.5 Å². The molecule has 5 heteroatoms. The topological polar surface area (TPSA) is 26.0 Å². The minimum atomic E-state index is -1.42. The molecule has 14 heavy (non-hydrogen) atoms. The predicted octanol–water partition coefficient (Wildman–Crippen LogP) is 2.57. The van der Waals surface area contributed by atoms with E-state index in [1.165, 1.54) is 6.92 Å². The van der Waals surface area contributed by atoms with E-state index in [-0.39, 0.29) is 0 Å². The van der Waals surface area contributed by atoms with E-state index in [0.717, 1.165) is 6.92 Å². The molecule has 2 N–H and O–H groups in total. The zero-order valence-electron chi connectivity index (χ0n) is 7.67. The lowest BCUT2D eigenvalue weighted by Gasteiger charge is -2.11. The van der Waals surface area contributed by atoms with E-state index in [4.69, 9.17) is 5.73 Å². The zero-order valence-corrected chi connectivity index (χ0v) is 7.67. The third kappa shape index (κ3) is 1.48. The van der Waals surface area contributed by atoms with Gasteiger partial charge in [0.2, 0.25) is 0 Å². The smallest absolute Gasteiger partial charge is 0.167 e. The molecule has 78 valence electrons. The van der Waals surface area contributed by atoms with E-state index in [9.17, 15) is 17.6 Å². The molecule has 0 aliphatic rings. The summed E-state index contributed by atoms with van der Waals surface area (Å²) in [5, 5.41) is 0. The summed E-state index contributed by atoms with van der Waals surface area (Å²) in [5.74, 6) is -5.62. The highest BCUT2D eigenvalue weighted by molar-refractivity contribution is 5.30. The van der Waals surface area contributed by atoms with Crippen molar-refractivity contribution in [1.82, 2.24) is 0 Å². The number of nitrogens with two attached hydrogens (primary N) is 1. The number of hydrogen-bond acceptors (Lipinski definition) is 1. The molecule has 0 aliphatic carbocycles. The maximum atomic E-state index is 13.1. The van der Waals surface area contributed by atoms with Crippen LogP contribution in [-0.4, -0.2) is 0 Å². The van der Waals surface area contributed by atoms with Crippen LogP contribution in [0.1, 0.15) is 24.1 Å². The van der Waals surface area contributed by atoms with Gasteiger partial charge in [-0.1, -0.05) is 0 Å². The molecule has 1 atom stereocenters. The van der Waals surface area contributed by atoms with Gasteiger partial charge in [-0.3, -0.25) is 0 Å². The highest BCUT2D eigenvalue weighted by Crippen LogP contribution is 2.26. The first-order valence-corrected chi connectivity index (χ1v) is 3.96. The van der Waals surface area contributed by atoms with Crippen LogP contribution in [0.4, 0.5) is 17.6 Å². The molecule has 0 spiro atoms. The van der Waals surface area contributed by atoms with E-state index >= 15 is 0 Å². The summed E-state index contributed by atoms with van der Waals surface area (Å²) in [6.07, 6.45) is 0. The van der Waals surface area contributed by atoms with Gasteiger partial charge in [-0.2, -0.15) is 0 Å². The fourth-order valence-corrected chi connectivity index (χ4v) is 1.16. The number of rotatable bonds is 1. The Morgan fingerprint density at radius 2 is 1.29 bits per heavy atom. The Kier molecular flexibility index (Phi) is 2.80. The van der Waals surface area contributed by atoms with Gasteiger partial charge in [-0.25, -0.2) is 17.6 Å². The van der Waals surface area contributed by atoms with Crippen molar-refractivity contribution in [2.24, 2.45) is 5.73 Å². The van der Waals surface area contributed by atoms with E-state index in [2.05, 4.69) is 0 Å². The van der Waals surface area contributed by atoms with Crippen molar-refractivity contribution in [2.45, 2.75) is 19.9 Å². The fraction of sp³-hybridized carbons (Fsp3) is 0.333. The SMILES string of the molecule is Cc1c(F)c(F)c(C(C)N)c(F)c1F. The molecule has 0 fully saturated rings. The molecule has 1 aromatic rings. The Balaban J connectivity index is 3.60. The van der Waals surface area contributed by atoms with Crippen LogP contribution in [-0.2, 0) is 0 Å². The van der Waals surface area contributed by atoms with Gasteiger partial charge < -0.3 is 5.73 Å². The number of benzene rings is 1. The summed E-state index contributed by atoms with van der Waals surface area (Å²) >= 11 is 0. The molecule has 0 bridgehead atoms. The van der Waals surface area contributed by atoms with Crippen molar-refractivity contribution in [2.75, 3.05) is 0 Å². The van der Waals surface area contributed by atoms with Crippen LogP contribution in [0.5, 0.6) is 0 Å². The Hall–Kier alpha value is -1.10. The minimum absolute atomic E-state index is 0.676. The Morgan fingerprint density at radius 1 is 0.929 bits per heavy atom. The van der Waals surface area contributed by atoms with E-state index in [1.807, 2.05) is 0 Å². The molecule has 0 saturated carbocycles. The van der Waals surface area contributed by atoms with Gasteiger partial charge in [-0.15, -0.1) is 0 Å². The lowest BCUT2D eigenvalue weighted by atomic mass is 10.0. The second-order valence-electron chi connectivity index (χ2n) is 3.08. The van der Waals surface area contributed by atoms with Gasteiger partial charge in [0.05, 0.1) is 0 Å². The van der Waals surface area contributed by atoms with E-state index < -0.39 is 40.4 Å². The fourth-order valence-electron chi connectivity index (χ4n) is 1.16. The quantitative estimate of drug-likeness (QED) is 0.555. The molecule has 0 heterocycles. The number of hydrogen-bond donors (Lipinski definition) is 1. The summed E-state index contributed by atoms with van der Waals surface area (Å²) in [6, 6.07) is -1.10. The molecular formula is C9H9F4N. The van der Waals surface area contributed by atoms with Crippen LogP contribution in [0.15, 0.2) is 0 Å². The lowest BCUT2D eigenvalue weighted by molar-refractivity contribution is 0.423. The molecule has 0 aliphatic heterocycles. The van der Waals surface area contributed by atoms with Crippen molar-refractivity contribution >= 4 is 0 Å². The summed E-state index contributed by atoms with van der Waals surface area (Å²) in [7, 11) is 0. The Bertz CT molecular complexity index is 345. The second-order valence-corrected chi connectivity index (χ2v) is 3.08. The number of halogens is 4. The largest absolute Gasteiger partial charge is 0.324 e. The average Bonchev–Trinajstić information content (AvgIpc) is 2.11. The normalized spacial score (nSPS) is 13.1. The van der Waals surface area contributed by atoms with Crippen molar-refractivity contribution in [1.29, 1.82) is 0 Å². The van der Waals surface area contributed by atoms with Crippen LogP contribution < -0.4 is 5.73 Å². The van der Waals surface area contributed by atoms with Crippen molar-refractivity contribution in [3.05, 3.63) is 34.4 Å². The summed E-state index contributed by atoms with van der Waals surface area (Å²) in [4.78, 5) is 0. The molecular weight excluding hydrogens is 198 g/mol. The molecule has 0 radical (unpaired) electrons. The van der Waals surface area contributed by atoms with Crippen LogP contribution in [0, 0.1) is 30.2 Å². The minimum Gasteiger partial charge on any atom is -0.324 e. The Morgan fingerprint density at radius 3 is 1.57 bits per heavy atom. The van der Waals surface area contributed by atoms with Crippen LogP contribution in [0.25, 0.3) is 0 Å². The highest BCUT2D eigenvalue weighted by atomic mass is 19.2. The van der Waals surface area contributed by atoms with Crippen molar-refractivity contribution < 1.29 is 17.6 Å². The lowest BCUT2D eigenvalue weighted by Crippen LogP contribution is -2.14. The van der Waals surface area contributed by atoms with Crippen LogP contribution >= 0.6 is 0 Å². The van der Waals surface area contributed by atoms with Crippen LogP contribution in [0.3, 0.4) is 0 Å². The first-order valence-electron chi connectivity index (χ1n) is 3.96. The molecule has 1 aromatic carbocycles. The van der Waals surface area contributed by atoms with Gasteiger partial charge in [-0.05, 0) is 13.8 Å². The molecule has 0 amide bonds. The van der Waals surface area contributed by atoms with Gasteiger partial charge in [0, 0.05) is 17.2 Å². The third-order valence-electron chi connectivity index (χ3n) is 1.97. The summed E-state index contributed by atoms with van der Waals surface area (Å²) in [6.45, 7) is 2.21. The van der Waals surface area contributed by atoms with Crippen molar-refractivity contribution in [3.63, 3.8) is 0 Å².